The Kier molecular flexibility index (Phi) is 3.86. The van der Waals surface area contributed by atoms with Gasteiger partial charge in [0.1, 0.15) is 0 Å². The van der Waals surface area contributed by atoms with Crippen LogP contribution in [-0.2, 0) is 6.61 Å². The van der Waals surface area contributed by atoms with Crippen LogP contribution >= 0.6 is 0 Å². The quantitative estimate of drug-likeness (QED) is 0.658. The highest BCUT2D eigenvalue weighted by molar-refractivity contribution is 5.36. The van der Waals surface area contributed by atoms with Gasteiger partial charge in [-0.15, -0.1) is 0 Å². The SMILES string of the molecule is F.N#Cc1ccccc1CO. The van der Waals surface area contributed by atoms with Crippen LogP contribution in [0, 0.1) is 11.3 Å². The third-order valence-corrected chi connectivity index (χ3v) is 1.31. The number of hydrogen-bond donors (Lipinski definition) is 1. The summed E-state index contributed by atoms with van der Waals surface area (Å²) in [7, 11) is 0. The van der Waals surface area contributed by atoms with Crippen LogP contribution in [-0.4, -0.2) is 5.11 Å². The van der Waals surface area contributed by atoms with Crippen molar-refractivity contribution in [3.8, 4) is 6.07 Å². The van der Waals surface area contributed by atoms with E-state index in [9.17, 15) is 0 Å². The van der Waals surface area contributed by atoms with Gasteiger partial charge < -0.3 is 5.11 Å². The van der Waals surface area contributed by atoms with Gasteiger partial charge in [-0.05, 0) is 11.6 Å². The molecule has 1 N–H and O–H groups in total. The maximum atomic E-state index is 8.70. The van der Waals surface area contributed by atoms with Crippen molar-refractivity contribution in [1.29, 1.82) is 5.26 Å². The Bertz CT molecular complexity index is 267. The van der Waals surface area contributed by atoms with Crippen molar-refractivity contribution >= 4 is 0 Å². The number of halogens is 1. The van der Waals surface area contributed by atoms with Crippen LogP contribution in [0.4, 0.5) is 4.70 Å². The zero-order valence-corrected chi connectivity index (χ0v) is 5.82. The van der Waals surface area contributed by atoms with Crippen molar-refractivity contribution in [3.05, 3.63) is 35.4 Å². The second-order valence-electron chi connectivity index (χ2n) is 1.93. The van der Waals surface area contributed by atoms with E-state index in [4.69, 9.17) is 10.4 Å². The summed E-state index contributed by atoms with van der Waals surface area (Å²) in [6.45, 7) is -0.0657. The van der Waals surface area contributed by atoms with Crippen LogP contribution in [0.5, 0.6) is 0 Å². The lowest BCUT2D eigenvalue weighted by Crippen LogP contribution is -1.86. The van der Waals surface area contributed by atoms with Crippen molar-refractivity contribution in [2.24, 2.45) is 0 Å². The molecule has 2 nitrogen and oxygen atoms in total. The van der Waals surface area contributed by atoms with Crippen LogP contribution in [0.15, 0.2) is 24.3 Å². The minimum absolute atomic E-state index is 0. The fraction of sp³-hybridized carbons (Fsp3) is 0.125. The van der Waals surface area contributed by atoms with Gasteiger partial charge in [-0.25, -0.2) is 0 Å². The largest absolute Gasteiger partial charge is 0.392 e. The normalized spacial score (nSPS) is 8.00. The topological polar surface area (TPSA) is 44.0 Å². The molecule has 3 heteroatoms. The molecule has 11 heavy (non-hydrogen) atoms. The molecule has 0 heterocycles. The lowest BCUT2D eigenvalue weighted by molar-refractivity contribution is 0.281. The third kappa shape index (κ3) is 2.03. The summed E-state index contributed by atoms with van der Waals surface area (Å²) in [5, 5.41) is 17.2. The molecular weight excluding hydrogens is 145 g/mol. The second-order valence-corrected chi connectivity index (χ2v) is 1.93. The summed E-state index contributed by atoms with van der Waals surface area (Å²) < 4.78 is 0. The Morgan fingerprint density at radius 3 is 2.45 bits per heavy atom. The number of nitriles is 1. The monoisotopic (exact) mass is 153 g/mol. The molecule has 1 aromatic rings. The fourth-order valence-corrected chi connectivity index (χ4v) is 0.767. The van der Waals surface area contributed by atoms with E-state index in [1.807, 2.05) is 6.07 Å². The summed E-state index contributed by atoms with van der Waals surface area (Å²) in [5.41, 5.74) is 1.23. The molecule has 0 fully saturated rings. The lowest BCUT2D eigenvalue weighted by atomic mass is 10.1. The van der Waals surface area contributed by atoms with Gasteiger partial charge in [-0.2, -0.15) is 5.26 Å². The molecule has 0 aliphatic carbocycles. The first kappa shape index (κ1) is 9.60. The van der Waals surface area contributed by atoms with Gasteiger partial charge in [0.05, 0.1) is 18.2 Å². The zero-order chi connectivity index (χ0) is 7.40. The molecule has 58 valence electrons. The van der Waals surface area contributed by atoms with Crippen LogP contribution in [0.2, 0.25) is 0 Å². The van der Waals surface area contributed by atoms with E-state index < -0.39 is 0 Å². The van der Waals surface area contributed by atoms with Gasteiger partial charge in [0.2, 0.25) is 0 Å². The van der Waals surface area contributed by atoms with E-state index in [2.05, 4.69) is 0 Å². The van der Waals surface area contributed by atoms with Crippen molar-refractivity contribution in [2.45, 2.75) is 6.61 Å². The summed E-state index contributed by atoms with van der Waals surface area (Å²) in [5.74, 6) is 0. The number of aliphatic hydroxyl groups is 1. The first-order valence-corrected chi connectivity index (χ1v) is 2.97. The van der Waals surface area contributed by atoms with E-state index >= 15 is 0 Å². The van der Waals surface area contributed by atoms with Crippen molar-refractivity contribution in [3.63, 3.8) is 0 Å². The maximum absolute atomic E-state index is 8.70. The molecule has 1 aromatic carbocycles. The number of aliphatic hydroxyl groups excluding tert-OH is 1. The van der Waals surface area contributed by atoms with Crippen LogP contribution in [0.25, 0.3) is 0 Å². The van der Waals surface area contributed by atoms with Crippen LogP contribution < -0.4 is 0 Å². The van der Waals surface area contributed by atoms with Crippen molar-refractivity contribution in [1.82, 2.24) is 0 Å². The second kappa shape index (κ2) is 4.42. The van der Waals surface area contributed by atoms with E-state index in [-0.39, 0.29) is 11.3 Å². The number of rotatable bonds is 1. The number of nitrogens with zero attached hydrogens (tertiary/aromatic N) is 1. The van der Waals surface area contributed by atoms with Gasteiger partial charge in [-0.3, -0.25) is 4.70 Å². The van der Waals surface area contributed by atoms with Crippen molar-refractivity contribution < 1.29 is 9.81 Å². The van der Waals surface area contributed by atoms with Crippen LogP contribution in [0.1, 0.15) is 11.1 Å². The molecule has 0 aliphatic heterocycles. The molecule has 0 saturated heterocycles. The smallest absolute Gasteiger partial charge is 0.0995 e. The average Bonchev–Trinajstić information content (AvgIpc) is 2.04. The first-order valence-electron chi connectivity index (χ1n) is 2.97. The number of benzene rings is 1. The Labute approximate surface area is 64.1 Å². The third-order valence-electron chi connectivity index (χ3n) is 1.31. The van der Waals surface area contributed by atoms with Crippen LogP contribution in [0.3, 0.4) is 0 Å². The minimum atomic E-state index is -0.0657. The average molecular weight is 153 g/mol. The highest BCUT2D eigenvalue weighted by atomic mass is 19.0. The van der Waals surface area contributed by atoms with Gasteiger partial charge >= 0.3 is 0 Å². The highest BCUT2D eigenvalue weighted by Crippen LogP contribution is 2.05. The highest BCUT2D eigenvalue weighted by Gasteiger charge is 1.95. The van der Waals surface area contributed by atoms with Gasteiger partial charge in [0, 0.05) is 0 Å². The minimum Gasteiger partial charge on any atom is -0.392 e. The Balaban J connectivity index is 0.000001000. The summed E-state index contributed by atoms with van der Waals surface area (Å²) in [4.78, 5) is 0. The zero-order valence-electron chi connectivity index (χ0n) is 5.82. The molecular formula is C8H8FNO. The fourth-order valence-electron chi connectivity index (χ4n) is 0.767. The Morgan fingerprint density at radius 2 is 2.00 bits per heavy atom. The standard InChI is InChI=1S/C8H7NO.FH/c9-5-7-3-1-2-4-8(7)6-10;/h1-4,10H,6H2;1H. The molecule has 1 rings (SSSR count). The van der Waals surface area contributed by atoms with Gasteiger partial charge in [0.25, 0.3) is 0 Å². The Hall–Kier alpha value is -1.40. The molecule has 0 aliphatic rings. The molecule has 0 amide bonds. The molecule has 0 bridgehead atoms. The van der Waals surface area contributed by atoms with E-state index in [0.29, 0.717) is 11.1 Å². The van der Waals surface area contributed by atoms with E-state index in [1.165, 1.54) is 0 Å². The number of hydrogen-bond acceptors (Lipinski definition) is 2. The molecule has 0 saturated carbocycles. The molecule has 0 aromatic heterocycles. The predicted octanol–water partition coefficient (Wildman–Crippen LogP) is 1.20. The summed E-state index contributed by atoms with van der Waals surface area (Å²) in [6, 6.07) is 8.98. The maximum Gasteiger partial charge on any atom is 0.0995 e. The summed E-state index contributed by atoms with van der Waals surface area (Å²) >= 11 is 0. The molecule has 0 spiro atoms. The molecule has 0 unspecified atom stereocenters. The van der Waals surface area contributed by atoms with Crippen molar-refractivity contribution in [2.75, 3.05) is 0 Å². The lowest BCUT2D eigenvalue weighted by Gasteiger charge is -1.95. The summed E-state index contributed by atoms with van der Waals surface area (Å²) in [6.07, 6.45) is 0. The first-order chi connectivity index (χ1) is 4.88. The Morgan fingerprint density at radius 1 is 1.36 bits per heavy atom. The molecule has 0 radical (unpaired) electrons. The molecule has 0 atom stereocenters. The predicted molar refractivity (Wildman–Crippen MR) is 39.6 cm³/mol. The van der Waals surface area contributed by atoms with E-state index in [0.717, 1.165) is 0 Å². The van der Waals surface area contributed by atoms with Gasteiger partial charge in [-0.1, -0.05) is 18.2 Å². The van der Waals surface area contributed by atoms with Gasteiger partial charge in [0.15, 0.2) is 0 Å². The van der Waals surface area contributed by atoms with E-state index in [1.54, 1.807) is 24.3 Å².